The van der Waals surface area contributed by atoms with E-state index in [0.717, 1.165) is 11.1 Å². The Balaban J connectivity index is 1.62. The molecule has 2 amide bonds. The Labute approximate surface area is 202 Å². The number of benzene rings is 2. The van der Waals surface area contributed by atoms with Crippen molar-refractivity contribution in [2.45, 2.75) is 19.8 Å². The lowest BCUT2D eigenvalue weighted by Gasteiger charge is -2.16. The third kappa shape index (κ3) is 5.20. The number of amides is 2. The molecule has 176 valence electrons. The van der Waals surface area contributed by atoms with E-state index in [4.69, 9.17) is 16.3 Å². The smallest absolute Gasteiger partial charge is 0.253 e. The molecule has 4 rings (SSSR count). The molecule has 0 saturated carbocycles. The Morgan fingerprint density at radius 2 is 2.00 bits per heavy atom. The zero-order valence-corrected chi connectivity index (χ0v) is 19.6. The Morgan fingerprint density at radius 3 is 2.79 bits per heavy atom. The number of methoxy groups -OCH3 is 1. The average Bonchev–Trinajstić information content (AvgIpc) is 3.01. The second-order valence-corrected chi connectivity index (χ2v) is 8.05. The molecule has 0 aliphatic carbocycles. The van der Waals surface area contributed by atoms with Crippen LogP contribution in [0.3, 0.4) is 0 Å². The molecule has 1 aromatic heterocycles. The van der Waals surface area contributed by atoms with Crippen LogP contribution in [0.1, 0.15) is 28.4 Å². The molecule has 9 nitrogen and oxygen atoms in total. The molecule has 0 bridgehead atoms. The highest BCUT2D eigenvalue weighted by atomic mass is 35.5. The Hall–Kier alpha value is -3.85. The summed E-state index contributed by atoms with van der Waals surface area (Å²) >= 11 is 6.35. The first kappa shape index (κ1) is 23.3. The first-order valence-corrected chi connectivity index (χ1v) is 11.3. The summed E-state index contributed by atoms with van der Waals surface area (Å²) in [5, 5.41) is 12.3. The number of anilines is 4. The van der Waals surface area contributed by atoms with Gasteiger partial charge in [0.2, 0.25) is 11.9 Å². The van der Waals surface area contributed by atoms with Gasteiger partial charge < -0.3 is 26.0 Å². The predicted molar refractivity (Wildman–Crippen MR) is 131 cm³/mol. The van der Waals surface area contributed by atoms with Gasteiger partial charge in [-0.25, -0.2) is 4.98 Å². The van der Waals surface area contributed by atoms with Gasteiger partial charge in [0.1, 0.15) is 10.8 Å². The second-order valence-electron chi connectivity index (χ2n) is 7.64. The Bertz CT molecular complexity index is 1230. The molecule has 0 atom stereocenters. The summed E-state index contributed by atoms with van der Waals surface area (Å²) in [5.74, 6) is 1.01. The standard InChI is InChI=1S/C24H25ClN6O3/c1-3-26-23(33)16-6-4-5-7-18(16)29-22-17(25)13-28-24(31-22)30-19-10-14-8-9-27-21(32)12-15(14)11-20(19)34-2/h4-7,10-11,13H,3,8-9,12H2,1-2H3,(H,26,33)(H,27,32)(H2,28,29,30,31). The number of carbonyl (C=O) groups is 2. The van der Waals surface area contributed by atoms with Crippen LogP contribution >= 0.6 is 11.6 Å². The topological polar surface area (TPSA) is 117 Å². The highest BCUT2D eigenvalue weighted by Crippen LogP contribution is 2.33. The van der Waals surface area contributed by atoms with E-state index in [1.807, 2.05) is 25.1 Å². The van der Waals surface area contributed by atoms with Crippen molar-refractivity contribution in [3.05, 3.63) is 64.3 Å². The van der Waals surface area contributed by atoms with Gasteiger partial charge in [-0.15, -0.1) is 0 Å². The summed E-state index contributed by atoms with van der Waals surface area (Å²) in [5.41, 5.74) is 3.69. The number of hydrogen-bond donors (Lipinski definition) is 4. The number of rotatable bonds is 7. The van der Waals surface area contributed by atoms with Gasteiger partial charge >= 0.3 is 0 Å². The molecule has 10 heteroatoms. The number of aromatic nitrogens is 2. The molecule has 0 radical (unpaired) electrons. The number of ether oxygens (including phenoxy) is 1. The van der Waals surface area contributed by atoms with Gasteiger partial charge in [-0.05, 0) is 48.7 Å². The maximum atomic E-state index is 12.4. The van der Waals surface area contributed by atoms with Gasteiger partial charge in [-0.3, -0.25) is 9.59 Å². The summed E-state index contributed by atoms with van der Waals surface area (Å²) in [7, 11) is 1.57. The highest BCUT2D eigenvalue weighted by Gasteiger charge is 2.18. The summed E-state index contributed by atoms with van der Waals surface area (Å²) in [6.45, 7) is 2.95. The summed E-state index contributed by atoms with van der Waals surface area (Å²) in [4.78, 5) is 33.1. The van der Waals surface area contributed by atoms with Crippen LogP contribution < -0.4 is 26.0 Å². The molecule has 2 heterocycles. The largest absolute Gasteiger partial charge is 0.495 e. The van der Waals surface area contributed by atoms with Gasteiger partial charge in [-0.2, -0.15) is 4.98 Å². The molecule has 2 aromatic carbocycles. The number of halogens is 1. The molecule has 0 fully saturated rings. The van der Waals surface area contributed by atoms with Crippen LogP contribution in [0.5, 0.6) is 5.75 Å². The number of nitrogens with zero attached hydrogens (tertiary/aromatic N) is 2. The van der Waals surface area contributed by atoms with Gasteiger partial charge in [0, 0.05) is 13.1 Å². The first-order valence-electron chi connectivity index (χ1n) is 10.9. The third-order valence-electron chi connectivity index (χ3n) is 5.34. The third-order valence-corrected chi connectivity index (χ3v) is 5.62. The molecule has 1 aliphatic rings. The second kappa shape index (κ2) is 10.4. The lowest BCUT2D eigenvalue weighted by Crippen LogP contribution is -2.24. The Kier molecular flexibility index (Phi) is 7.12. The van der Waals surface area contributed by atoms with E-state index in [9.17, 15) is 9.59 Å². The molecule has 1 aliphatic heterocycles. The average molecular weight is 481 g/mol. The molecule has 34 heavy (non-hydrogen) atoms. The van der Waals surface area contributed by atoms with E-state index in [2.05, 4.69) is 31.2 Å². The van der Waals surface area contributed by atoms with Crippen LogP contribution in [-0.2, 0) is 17.6 Å². The summed E-state index contributed by atoms with van der Waals surface area (Å²) < 4.78 is 5.54. The van der Waals surface area contributed by atoms with Gasteiger partial charge in [-0.1, -0.05) is 23.7 Å². The maximum Gasteiger partial charge on any atom is 0.253 e. The molecule has 0 saturated heterocycles. The van der Waals surface area contributed by atoms with Gasteiger partial charge in [0.15, 0.2) is 5.82 Å². The van der Waals surface area contributed by atoms with Crippen LogP contribution in [0.25, 0.3) is 0 Å². The van der Waals surface area contributed by atoms with Crippen LogP contribution in [0.15, 0.2) is 42.6 Å². The fraction of sp³-hybridized carbons (Fsp3) is 0.250. The van der Waals surface area contributed by atoms with Crippen LogP contribution in [0.4, 0.5) is 23.1 Å². The molecule has 0 unspecified atom stereocenters. The normalized spacial score (nSPS) is 12.7. The number of carbonyl (C=O) groups excluding carboxylic acids is 2. The number of nitrogens with one attached hydrogen (secondary N) is 4. The van der Waals surface area contributed by atoms with Crippen molar-refractivity contribution in [1.82, 2.24) is 20.6 Å². The quantitative estimate of drug-likeness (QED) is 0.408. The maximum absolute atomic E-state index is 12.4. The van der Waals surface area contributed by atoms with Crippen molar-refractivity contribution >= 4 is 46.6 Å². The van der Waals surface area contributed by atoms with Crippen molar-refractivity contribution in [1.29, 1.82) is 0 Å². The van der Waals surface area contributed by atoms with Crippen molar-refractivity contribution < 1.29 is 14.3 Å². The molecule has 0 spiro atoms. The SMILES string of the molecule is CCNC(=O)c1ccccc1Nc1nc(Nc2cc3c(cc2OC)CC(=O)NCC3)ncc1Cl. The first-order chi connectivity index (χ1) is 16.5. The number of para-hydroxylation sites is 1. The monoisotopic (exact) mass is 480 g/mol. The highest BCUT2D eigenvalue weighted by molar-refractivity contribution is 6.33. The Morgan fingerprint density at radius 1 is 1.18 bits per heavy atom. The number of hydrogen-bond acceptors (Lipinski definition) is 7. The van der Waals surface area contributed by atoms with Crippen molar-refractivity contribution in [3.63, 3.8) is 0 Å². The predicted octanol–water partition coefficient (Wildman–Crippen LogP) is 3.59. The van der Waals surface area contributed by atoms with E-state index in [0.29, 0.717) is 65.4 Å². The fourth-order valence-electron chi connectivity index (χ4n) is 3.71. The zero-order valence-electron chi connectivity index (χ0n) is 18.9. The molecular weight excluding hydrogens is 456 g/mol. The summed E-state index contributed by atoms with van der Waals surface area (Å²) in [6, 6.07) is 10.9. The van der Waals surface area contributed by atoms with E-state index in [1.54, 1.807) is 25.3 Å². The van der Waals surface area contributed by atoms with Crippen LogP contribution in [0, 0.1) is 0 Å². The van der Waals surface area contributed by atoms with Crippen LogP contribution in [0.2, 0.25) is 5.02 Å². The molecule has 3 aromatic rings. The minimum absolute atomic E-state index is 0.00818. The lowest BCUT2D eigenvalue weighted by molar-refractivity contribution is -0.120. The van der Waals surface area contributed by atoms with Gasteiger partial charge in [0.05, 0.1) is 36.7 Å². The van der Waals surface area contributed by atoms with Crippen molar-refractivity contribution in [2.24, 2.45) is 0 Å². The molecule has 4 N–H and O–H groups in total. The zero-order chi connectivity index (χ0) is 24.1. The lowest BCUT2D eigenvalue weighted by atomic mass is 10.0. The molecular formula is C24H25ClN6O3. The van der Waals surface area contributed by atoms with Crippen molar-refractivity contribution in [2.75, 3.05) is 30.8 Å². The van der Waals surface area contributed by atoms with Gasteiger partial charge in [0.25, 0.3) is 5.91 Å². The fourth-order valence-corrected chi connectivity index (χ4v) is 3.85. The van der Waals surface area contributed by atoms with Crippen molar-refractivity contribution in [3.8, 4) is 5.75 Å². The van der Waals surface area contributed by atoms with E-state index in [1.165, 1.54) is 6.20 Å². The van der Waals surface area contributed by atoms with E-state index in [-0.39, 0.29) is 11.8 Å². The van der Waals surface area contributed by atoms with E-state index >= 15 is 0 Å². The minimum atomic E-state index is -0.197. The minimum Gasteiger partial charge on any atom is -0.495 e. The van der Waals surface area contributed by atoms with E-state index < -0.39 is 0 Å². The number of fused-ring (bicyclic) bond motifs is 1. The van der Waals surface area contributed by atoms with Crippen LogP contribution in [-0.4, -0.2) is 42.0 Å². The summed E-state index contributed by atoms with van der Waals surface area (Å²) in [6.07, 6.45) is 2.50.